The first-order chi connectivity index (χ1) is 11.8. The van der Waals surface area contributed by atoms with Gasteiger partial charge in [-0.25, -0.2) is 9.69 Å². The number of Topliss-reactive ketones (excluding diaryl/α,β-unsaturated/α-hetero) is 2. The highest BCUT2D eigenvalue weighted by Crippen LogP contribution is 2.31. The van der Waals surface area contributed by atoms with Crippen LogP contribution < -0.4 is 5.32 Å². The Bertz CT molecular complexity index is 936. The first kappa shape index (κ1) is 16.5. The summed E-state index contributed by atoms with van der Waals surface area (Å²) in [4.78, 5) is 70.1. The maximum absolute atomic E-state index is 12.6. The summed E-state index contributed by atoms with van der Waals surface area (Å²) in [5.74, 6) is -4.59. The molecule has 0 bridgehead atoms. The fourth-order valence-electron chi connectivity index (χ4n) is 2.52. The van der Waals surface area contributed by atoms with E-state index in [0.717, 1.165) is 0 Å². The summed E-state index contributed by atoms with van der Waals surface area (Å²) in [5, 5.41) is 12.6. The van der Waals surface area contributed by atoms with E-state index in [1.54, 1.807) is 5.32 Å². The molecule has 126 valence electrons. The number of nitro groups is 1. The lowest BCUT2D eigenvalue weighted by molar-refractivity contribution is -0.495. The molecule has 2 aliphatic rings. The van der Waals surface area contributed by atoms with Gasteiger partial charge in [-0.05, 0) is 0 Å². The van der Waals surface area contributed by atoms with Gasteiger partial charge in [0, 0.05) is 16.1 Å². The molecular weight excluding hydrogens is 354 g/mol. The number of barbiturate groups is 1. The highest BCUT2D eigenvalue weighted by Gasteiger charge is 2.52. The molecule has 1 unspecified atom stereocenters. The van der Waals surface area contributed by atoms with Crippen LogP contribution in [0.2, 0.25) is 0 Å². The molecule has 0 aromatic heterocycles. The molecule has 0 radical (unpaired) electrons. The summed E-state index contributed by atoms with van der Waals surface area (Å²) >= 11 is 3.91. The topological polar surface area (TPSA) is 144 Å². The number of nitrogens with zero attached hydrogens (tertiary/aromatic N) is 2. The predicted octanol–water partition coefficient (Wildman–Crippen LogP) is -0.0693. The maximum atomic E-state index is 12.6. The minimum Gasteiger partial charge on any atom is -0.288 e. The molecular formula is C14H7N3O7S. The van der Waals surface area contributed by atoms with Crippen LogP contribution in [0.5, 0.6) is 0 Å². The minimum absolute atomic E-state index is 0.0213. The number of allylic oxidation sites excluding steroid dienone is 2. The zero-order valence-corrected chi connectivity index (χ0v) is 13.0. The van der Waals surface area contributed by atoms with Crippen LogP contribution in [0.3, 0.4) is 0 Å². The number of rotatable bonds is 2. The van der Waals surface area contributed by atoms with Crippen molar-refractivity contribution < 1.29 is 28.9 Å². The lowest BCUT2D eigenvalue weighted by Gasteiger charge is -2.30. The van der Waals surface area contributed by atoms with E-state index in [1.165, 1.54) is 24.3 Å². The normalized spacial score (nSPS) is 20.6. The molecule has 4 amide bonds. The van der Waals surface area contributed by atoms with Crippen LogP contribution in [0.15, 0.2) is 34.9 Å². The molecule has 25 heavy (non-hydrogen) atoms. The summed E-state index contributed by atoms with van der Waals surface area (Å²) in [5.41, 5.74) is -0.794. The number of carbonyl (C=O) groups excluding carboxylic acids is 5. The van der Waals surface area contributed by atoms with Gasteiger partial charge in [0.1, 0.15) is 5.70 Å². The molecule has 1 N–H and O–H groups in total. The SMILES string of the molecule is O=C1C(S)=C(N2C(=O)NC(=O)C([N+](=O)[O-])C2=O)C(=O)c2ccccc21. The Morgan fingerprint density at radius 2 is 1.60 bits per heavy atom. The smallest absolute Gasteiger partial charge is 0.288 e. The van der Waals surface area contributed by atoms with Crippen molar-refractivity contribution >= 4 is 42.0 Å². The predicted molar refractivity (Wildman–Crippen MR) is 82.3 cm³/mol. The molecule has 1 atom stereocenters. The Kier molecular flexibility index (Phi) is 3.72. The number of carbonyl (C=O) groups is 5. The molecule has 1 fully saturated rings. The third kappa shape index (κ3) is 2.32. The van der Waals surface area contributed by atoms with Crippen molar-refractivity contribution in [2.24, 2.45) is 0 Å². The van der Waals surface area contributed by atoms with Gasteiger partial charge in [-0.15, -0.1) is 12.6 Å². The van der Waals surface area contributed by atoms with Crippen molar-refractivity contribution in [2.45, 2.75) is 6.04 Å². The summed E-state index contributed by atoms with van der Waals surface area (Å²) < 4.78 is 0. The van der Waals surface area contributed by atoms with E-state index >= 15 is 0 Å². The Morgan fingerprint density at radius 1 is 1.04 bits per heavy atom. The highest BCUT2D eigenvalue weighted by molar-refractivity contribution is 7.85. The van der Waals surface area contributed by atoms with Gasteiger partial charge in [-0.3, -0.25) is 34.6 Å². The van der Waals surface area contributed by atoms with E-state index in [1.807, 2.05) is 0 Å². The number of imide groups is 2. The first-order valence-electron chi connectivity index (χ1n) is 6.69. The fourth-order valence-corrected chi connectivity index (χ4v) is 2.84. The monoisotopic (exact) mass is 361 g/mol. The Balaban J connectivity index is 2.16. The number of thiol groups is 1. The second-order valence-electron chi connectivity index (χ2n) is 5.06. The van der Waals surface area contributed by atoms with E-state index in [9.17, 15) is 34.1 Å². The van der Waals surface area contributed by atoms with Crippen molar-refractivity contribution in [3.8, 4) is 0 Å². The van der Waals surface area contributed by atoms with Gasteiger partial charge < -0.3 is 0 Å². The minimum atomic E-state index is -2.41. The van der Waals surface area contributed by atoms with Gasteiger partial charge >= 0.3 is 23.9 Å². The first-order valence-corrected chi connectivity index (χ1v) is 7.14. The number of nitrogens with one attached hydrogen (secondary N) is 1. The largest absolute Gasteiger partial charge is 0.367 e. The fraction of sp³-hybridized carbons (Fsp3) is 0.0714. The summed E-state index contributed by atoms with van der Waals surface area (Å²) in [7, 11) is 0. The number of amides is 4. The van der Waals surface area contributed by atoms with Crippen molar-refractivity contribution in [3.05, 3.63) is 56.1 Å². The molecule has 11 heteroatoms. The molecule has 1 aromatic carbocycles. The Hall–Kier alpha value is -3.34. The maximum Gasteiger partial charge on any atom is 0.367 e. The lowest BCUT2D eigenvalue weighted by Crippen LogP contribution is -2.63. The molecule has 3 rings (SSSR count). The highest BCUT2D eigenvalue weighted by atomic mass is 32.1. The number of hydrogen-bond acceptors (Lipinski definition) is 8. The van der Waals surface area contributed by atoms with E-state index in [2.05, 4.69) is 12.6 Å². The van der Waals surface area contributed by atoms with Crippen molar-refractivity contribution in [1.29, 1.82) is 0 Å². The zero-order chi connectivity index (χ0) is 18.5. The summed E-state index contributed by atoms with van der Waals surface area (Å²) in [6.07, 6.45) is 0. The lowest BCUT2D eigenvalue weighted by atomic mass is 9.91. The van der Waals surface area contributed by atoms with Crippen LogP contribution in [0.25, 0.3) is 0 Å². The van der Waals surface area contributed by atoms with Gasteiger partial charge in [-0.2, -0.15) is 0 Å². The molecule has 1 saturated heterocycles. The van der Waals surface area contributed by atoms with Crippen LogP contribution in [0, 0.1) is 10.1 Å². The number of benzene rings is 1. The molecule has 0 spiro atoms. The van der Waals surface area contributed by atoms with E-state index in [4.69, 9.17) is 0 Å². The van der Waals surface area contributed by atoms with Crippen LogP contribution >= 0.6 is 12.6 Å². The molecule has 0 saturated carbocycles. The van der Waals surface area contributed by atoms with Crippen molar-refractivity contribution in [2.75, 3.05) is 0 Å². The van der Waals surface area contributed by atoms with Crippen LogP contribution in [0.1, 0.15) is 20.7 Å². The quantitative estimate of drug-likeness (QED) is 0.325. The molecule has 1 aromatic rings. The number of urea groups is 1. The Morgan fingerprint density at radius 3 is 2.16 bits per heavy atom. The number of ketones is 2. The van der Waals surface area contributed by atoms with Crippen LogP contribution in [0.4, 0.5) is 4.79 Å². The summed E-state index contributed by atoms with van der Waals surface area (Å²) in [6, 6.07) is 1.87. The van der Waals surface area contributed by atoms with Gasteiger partial charge in [0.2, 0.25) is 11.6 Å². The second kappa shape index (κ2) is 5.63. The van der Waals surface area contributed by atoms with E-state index in [0.29, 0.717) is 0 Å². The van der Waals surface area contributed by atoms with Crippen molar-refractivity contribution in [1.82, 2.24) is 10.2 Å². The molecule has 1 aliphatic carbocycles. The van der Waals surface area contributed by atoms with E-state index < -0.39 is 51.0 Å². The average molecular weight is 361 g/mol. The number of fused-ring (bicyclic) bond motifs is 1. The third-order valence-electron chi connectivity index (χ3n) is 3.64. The third-order valence-corrected chi connectivity index (χ3v) is 4.06. The average Bonchev–Trinajstić information content (AvgIpc) is 2.55. The van der Waals surface area contributed by atoms with Gasteiger partial charge in [0.15, 0.2) is 0 Å². The standard InChI is InChI=1S/C14H7N3O7S/c18-9-5-3-1-2-4-6(5)10(19)11(25)7(9)16-13(21)8(17(23)24)12(20)15-14(16)22/h1-4,8,25H,(H,15,20,22). The second-order valence-corrected chi connectivity index (χ2v) is 5.50. The Labute approximate surface area is 144 Å². The van der Waals surface area contributed by atoms with Crippen LogP contribution in [-0.4, -0.2) is 45.3 Å². The van der Waals surface area contributed by atoms with Crippen molar-refractivity contribution in [3.63, 3.8) is 0 Å². The van der Waals surface area contributed by atoms with Gasteiger partial charge in [0.25, 0.3) is 0 Å². The zero-order valence-electron chi connectivity index (χ0n) is 12.1. The number of hydrogen-bond donors (Lipinski definition) is 2. The molecule has 1 aliphatic heterocycles. The van der Waals surface area contributed by atoms with Gasteiger partial charge in [0.05, 0.1) is 4.91 Å². The molecule has 10 nitrogen and oxygen atoms in total. The van der Waals surface area contributed by atoms with E-state index in [-0.39, 0.29) is 16.0 Å². The van der Waals surface area contributed by atoms with Crippen LogP contribution in [-0.2, 0) is 9.59 Å². The molecule has 1 heterocycles. The summed E-state index contributed by atoms with van der Waals surface area (Å²) in [6.45, 7) is 0. The van der Waals surface area contributed by atoms with Gasteiger partial charge in [-0.1, -0.05) is 24.3 Å².